The molecule has 4 rings (SSSR count). The Labute approximate surface area is 180 Å². The van der Waals surface area contributed by atoms with Crippen molar-refractivity contribution in [3.63, 3.8) is 0 Å². The molecule has 0 amide bonds. The predicted molar refractivity (Wildman–Crippen MR) is 114 cm³/mol. The average molecular weight is 437 g/mol. The van der Waals surface area contributed by atoms with Crippen LogP contribution in [0, 0.1) is 25.2 Å². The number of hydrogen-bond donors (Lipinski definition) is 1. The summed E-state index contributed by atoms with van der Waals surface area (Å²) < 4.78 is 18.3. The van der Waals surface area contributed by atoms with Gasteiger partial charge in [-0.3, -0.25) is 9.36 Å². The number of carbonyl (C=O) groups excluding carboxylic acids is 1. The van der Waals surface area contributed by atoms with E-state index in [4.69, 9.17) is 19.3 Å². The first-order valence-corrected chi connectivity index (χ1v) is 10.3. The van der Waals surface area contributed by atoms with Gasteiger partial charge >= 0.3 is 5.97 Å². The number of esters is 1. The zero-order chi connectivity index (χ0) is 22.3. The summed E-state index contributed by atoms with van der Waals surface area (Å²) in [5.41, 5.74) is 6.00. The van der Waals surface area contributed by atoms with Crippen LogP contribution >= 0.6 is 11.3 Å². The van der Waals surface area contributed by atoms with Gasteiger partial charge < -0.3 is 19.3 Å². The summed E-state index contributed by atoms with van der Waals surface area (Å²) in [5, 5.41) is 9.86. The fourth-order valence-corrected chi connectivity index (χ4v) is 4.65. The van der Waals surface area contributed by atoms with Gasteiger partial charge in [-0.05, 0) is 45.0 Å². The number of aromatic nitrogens is 1. The van der Waals surface area contributed by atoms with Crippen LogP contribution in [0.2, 0.25) is 0 Å². The Bertz CT molecular complexity index is 1440. The molecule has 0 spiro atoms. The largest absolute Gasteiger partial charge is 0.465 e. The minimum atomic E-state index is -0.880. The van der Waals surface area contributed by atoms with Crippen LogP contribution in [0.4, 0.5) is 0 Å². The topological polar surface area (TPSA) is 124 Å². The smallest absolute Gasteiger partial charge is 0.338 e. The second-order valence-corrected chi connectivity index (χ2v) is 7.96. The number of carbonyl (C=O) groups is 1. The van der Waals surface area contributed by atoms with Crippen LogP contribution < -0.4 is 20.5 Å². The van der Waals surface area contributed by atoms with E-state index in [0.717, 1.165) is 11.3 Å². The molecule has 31 heavy (non-hydrogen) atoms. The average Bonchev–Trinajstić information content (AvgIpc) is 3.42. The molecule has 2 N–H and O–H groups in total. The number of nitrogens with two attached hydrogens (primary N) is 1. The van der Waals surface area contributed by atoms with Crippen LogP contribution in [0.25, 0.3) is 17.5 Å². The number of ether oxygens (including phenoxy) is 1. The zero-order valence-corrected chi connectivity index (χ0v) is 17.9. The van der Waals surface area contributed by atoms with E-state index >= 15 is 0 Å². The summed E-state index contributed by atoms with van der Waals surface area (Å²) in [6.45, 7) is 5.37. The van der Waals surface area contributed by atoms with Crippen molar-refractivity contribution in [2.75, 3.05) is 6.61 Å². The fraction of sp³-hybridized carbons (Fsp3) is 0.227. The molecule has 0 aliphatic carbocycles. The normalized spacial score (nSPS) is 16.4. The summed E-state index contributed by atoms with van der Waals surface area (Å²) in [6.07, 6.45) is 1.58. The Morgan fingerprint density at radius 1 is 1.29 bits per heavy atom. The summed E-state index contributed by atoms with van der Waals surface area (Å²) in [6, 6.07) is 8.99. The maximum absolute atomic E-state index is 13.2. The van der Waals surface area contributed by atoms with Gasteiger partial charge in [0.15, 0.2) is 0 Å². The van der Waals surface area contributed by atoms with E-state index in [-0.39, 0.29) is 23.6 Å². The van der Waals surface area contributed by atoms with Gasteiger partial charge in [-0.15, -0.1) is 11.3 Å². The highest BCUT2D eigenvalue weighted by atomic mass is 32.1. The molecule has 4 heterocycles. The summed E-state index contributed by atoms with van der Waals surface area (Å²) in [7, 11) is 0. The van der Waals surface area contributed by atoms with E-state index in [2.05, 4.69) is 6.07 Å². The molecule has 0 saturated carbocycles. The molecule has 1 unspecified atom stereocenters. The highest BCUT2D eigenvalue weighted by molar-refractivity contribution is 7.07. The second kappa shape index (κ2) is 7.81. The number of nitrogens with zero attached hydrogens (tertiary/aromatic N) is 2. The van der Waals surface area contributed by atoms with Gasteiger partial charge in [0.2, 0.25) is 0 Å². The standard InChI is InChI=1S/C22H19N3O5S/c1-4-28-22(27)18-17(15-8-6-12(3)30-15)14(10-23)19(24)25-20(26)16(31-21(18)25)9-13-7-5-11(2)29-13/h5-9,17H,4,24H2,1-3H3/b16-9-. The van der Waals surface area contributed by atoms with E-state index in [1.807, 2.05) is 0 Å². The molecule has 1 atom stereocenters. The molecule has 8 nitrogen and oxygen atoms in total. The molecule has 3 aromatic rings. The Morgan fingerprint density at radius 3 is 2.58 bits per heavy atom. The van der Waals surface area contributed by atoms with Crippen LogP contribution in [0.3, 0.4) is 0 Å². The van der Waals surface area contributed by atoms with Crippen LogP contribution in [-0.4, -0.2) is 17.1 Å². The maximum atomic E-state index is 13.2. The van der Waals surface area contributed by atoms with E-state index < -0.39 is 17.4 Å². The molecule has 9 heteroatoms. The fourth-order valence-electron chi connectivity index (χ4n) is 3.51. The van der Waals surface area contributed by atoms with Crippen molar-refractivity contribution < 1.29 is 18.4 Å². The van der Waals surface area contributed by atoms with Crippen molar-refractivity contribution in [3.05, 3.63) is 72.4 Å². The highest BCUT2D eigenvalue weighted by Crippen LogP contribution is 2.37. The SMILES string of the molecule is CCOC(=O)C1=c2s/c(=C\c3ccc(C)o3)c(=O)n2C(N)=C(C#N)C1c1ccc(C)o1. The van der Waals surface area contributed by atoms with Crippen molar-refractivity contribution in [1.82, 2.24) is 4.57 Å². The Morgan fingerprint density at radius 2 is 2.00 bits per heavy atom. The predicted octanol–water partition coefficient (Wildman–Crippen LogP) is 1.70. The van der Waals surface area contributed by atoms with Gasteiger partial charge in [-0.2, -0.15) is 5.26 Å². The van der Waals surface area contributed by atoms with Crippen LogP contribution in [0.15, 0.2) is 43.5 Å². The van der Waals surface area contributed by atoms with Crippen molar-refractivity contribution in [2.24, 2.45) is 5.73 Å². The van der Waals surface area contributed by atoms with Gasteiger partial charge in [0.1, 0.15) is 33.5 Å². The number of aryl methyl sites for hydroxylation is 2. The molecular formula is C22H19N3O5S. The zero-order valence-electron chi connectivity index (χ0n) is 17.1. The third-order valence-electron chi connectivity index (χ3n) is 4.84. The van der Waals surface area contributed by atoms with Crippen molar-refractivity contribution in [3.8, 4) is 6.07 Å². The number of thiazole rings is 1. The summed E-state index contributed by atoms with van der Waals surface area (Å²) in [5.74, 6) is 0.622. The molecule has 0 fully saturated rings. The van der Waals surface area contributed by atoms with Crippen LogP contribution in [0.5, 0.6) is 0 Å². The molecule has 0 aromatic carbocycles. The second-order valence-electron chi connectivity index (χ2n) is 6.93. The van der Waals surface area contributed by atoms with Gasteiger partial charge in [0.05, 0.1) is 34.3 Å². The summed E-state index contributed by atoms with van der Waals surface area (Å²) >= 11 is 1.08. The van der Waals surface area contributed by atoms with Crippen LogP contribution in [0.1, 0.15) is 35.9 Å². The molecular weight excluding hydrogens is 418 g/mol. The van der Waals surface area contributed by atoms with E-state index in [9.17, 15) is 14.9 Å². The minimum absolute atomic E-state index is 0.0406. The van der Waals surface area contributed by atoms with Crippen molar-refractivity contribution in [2.45, 2.75) is 26.7 Å². The Kier molecular flexibility index (Phi) is 5.17. The van der Waals surface area contributed by atoms with Gasteiger partial charge in [-0.1, -0.05) is 0 Å². The first-order valence-electron chi connectivity index (χ1n) is 9.53. The monoisotopic (exact) mass is 437 g/mol. The van der Waals surface area contributed by atoms with Crippen molar-refractivity contribution >= 4 is 34.8 Å². The van der Waals surface area contributed by atoms with Crippen LogP contribution in [-0.2, 0) is 9.53 Å². The van der Waals surface area contributed by atoms with Gasteiger partial charge in [-0.25, -0.2) is 4.79 Å². The first-order chi connectivity index (χ1) is 14.8. The number of hydrogen-bond acceptors (Lipinski definition) is 8. The summed E-state index contributed by atoms with van der Waals surface area (Å²) in [4.78, 5) is 26.1. The number of furan rings is 2. The lowest BCUT2D eigenvalue weighted by Gasteiger charge is -2.22. The number of nitriles is 1. The Balaban J connectivity index is 2.10. The first kappa shape index (κ1) is 20.5. The van der Waals surface area contributed by atoms with Crippen molar-refractivity contribution in [1.29, 1.82) is 5.26 Å². The molecule has 0 radical (unpaired) electrons. The lowest BCUT2D eigenvalue weighted by molar-refractivity contribution is -0.136. The third kappa shape index (κ3) is 3.41. The van der Waals surface area contributed by atoms with E-state index in [0.29, 0.717) is 32.2 Å². The molecule has 158 valence electrons. The highest BCUT2D eigenvalue weighted by Gasteiger charge is 2.38. The lowest BCUT2D eigenvalue weighted by atomic mass is 9.88. The van der Waals surface area contributed by atoms with E-state index in [1.54, 1.807) is 51.1 Å². The number of fused-ring (bicyclic) bond motifs is 1. The van der Waals surface area contributed by atoms with E-state index in [1.165, 1.54) is 4.57 Å². The molecule has 0 saturated heterocycles. The molecule has 3 aromatic heterocycles. The Hall–Kier alpha value is -3.77. The molecule has 0 bridgehead atoms. The molecule has 1 aliphatic heterocycles. The number of rotatable bonds is 4. The van der Waals surface area contributed by atoms with Gasteiger partial charge in [0, 0.05) is 6.08 Å². The maximum Gasteiger partial charge on any atom is 0.338 e. The third-order valence-corrected chi connectivity index (χ3v) is 5.95. The minimum Gasteiger partial charge on any atom is -0.465 e. The molecule has 1 aliphatic rings. The lowest BCUT2D eigenvalue weighted by Crippen LogP contribution is -2.40. The van der Waals surface area contributed by atoms with Gasteiger partial charge in [0.25, 0.3) is 5.56 Å². The quantitative estimate of drug-likeness (QED) is 0.616. The number of allylic oxidation sites excluding steroid dienone is 1.